The summed E-state index contributed by atoms with van der Waals surface area (Å²) in [6, 6.07) is 7.24. The highest BCUT2D eigenvalue weighted by Crippen LogP contribution is 2.22. The predicted molar refractivity (Wildman–Crippen MR) is 76.0 cm³/mol. The van der Waals surface area contributed by atoms with Gasteiger partial charge in [0.25, 0.3) is 0 Å². The molecular formula is C14H11F2N3OS. The Morgan fingerprint density at radius 1 is 1.19 bits per heavy atom. The molecule has 108 valence electrons. The smallest absolute Gasteiger partial charge is 0.159 e. The van der Waals surface area contributed by atoms with Crippen molar-refractivity contribution in [2.45, 2.75) is 13.5 Å². The van der Waals surface area contributed by atoms with Gasteiger partial charge in [0.15, 0.2) is 17.4 Å². The summed E-state index contributed by atoms with van der Waals surface area (Å²) >= 11 is 1.36. The van der Waals surface area contributed by atoms with Crippen LogP contribution in [0.2, 0.25) is 0 Å². The summed E-state index contributed by atoms with van der Waals surface area (Å²) in [4.78, 5) is 0. The van der Waals surface area contributed by atoms with Crippen LogP contribution in [-0.2, 0) is 6.54 Å². The zero-order chi connectivity index (χ0) is 14.8. The van der Waals surface area contributed by atoms with Gasteiger partial charge in [-0.05, 0) is 42.7 Å². The first-order valence-electron chi connectivity index (χ1n) is 6.20. The van der Waals surface area contributed by atoms with Gasteiger partial charge in [-0.2, -0.15) is 4.37 Å². The van der Waals surface area contributed by atoms with Crippen molar-refractivity contribution in [2.75, 3.05) is 5.32 Å². The highest BCUT2D eigenvalue weighted by atomic mass is 32.1. The fourth-order valence-electron chi connectivity index (χ4n) is 1.81. The number of nitrogens with zero attached hydrogens (tertiary/aromatic N) is 2. The maximum Gasteiger partial charge on any atom is 0.159 e. The van der Waals surface area contributed by atoms with Gasteiger partial charge in [0, 0.05) is 11.6 Å². The molecule has 0 bridgehead atoms. The van der Waals surface area contributed by atoms with Gasteiger partial charge >= 0.3 is 0 Å². The number of hydrogen-bond donors (Lipinski definition) is 1. The van der Waals surface area contributed by atoms with Crippen LogP contribution in [0.15, 0.2) is 34.9 Å². The molecule has 0 spiro atoms. The van der Waals surface area contributed by atoms with E-state index in [4.69, 9.17) is 4.52 Å². The second-order valence-corrected chi connectivity index (χ2v) is 5.30. The zero-order valence-electron chi connectivity index (χ0n) is 11.1. The number of anilines is 1. The lowest BCUT2D eigenvalue weighted by molar-refractivity contribution is 0.390. The van der Waals surface area contributed by atoms with E-state index >= 15 is 0 Å². The molecule has 0 fully saturated rings. The van der Waals surface area contributed by atoms with Crippen LogP contribution in [0.1, 0.15) is 11.5 Å². The molecule has 0 aliphatic heterocycles. The maximum atomic E-state index is 13.2. The van der Waals surface area contributed by atoms with Crippen LogP contribution in [0, 0.1) is 18.6 Å². The summed E-state index contributed by atoms with van der Waals surface area (Å²) in [6.07, 6.45) is 0. The van der Waals surface area contributed by atoms with Crippen molar-refractivity contribution < 1.29 is 13.3 Å². The molecule has 0 aliphatic carbocycles. The Bertz CT molecular complexity index is 769. The van der Waals surface area contributed by atoms with Crippen LogP contribution in [0.5, 0.6) is 0 Å². The lowest BCUT2D eigenvalue weighted by Crippen LogP contribution is -1.95. The summed E-state index contributed by atoms with van der Waals surface area (Å²) in [7, 11) is 0. The molecule has 0 saturated heterocycles. The minimum absolute atomic E-state index is 0.443. The fraction of sp³-hybridized carbons (Fsp3) is 0.143. The standard InChI is InChI=1S/C14H11F2N3OS/c1-8-4-14(21-19-8)17-7-10-6-13(18-20-10)9-2-3-11(15)12(16)5-9/h2-6,17H,7H2,1H3. The van der Waals surface area contributed by atoms with Gasteiger partial charge in [-0.25, -0.2) is 8.78 Å². The Balaban J connectivity index is 1.72. The Morgan fingerprint density at radius 2 is 2.05 bits per heavy atom. The molecule has 0 atom stereocenters. The summed E-state index contributed by atoms with van der Waals surface area (Å²) in [5, 5.41) is 7.94. The van der Waals surface area contributed by atoms with E-state index in [0.717, 1.165) is 22.8 Å². The Labute approximate surface area is 123 Å². The molecule has 0 saturated carbocycles. The largest absolute Gasteiger partial charge is 0.368 e. The van der Waals surface area contributed by atoms with Gasteiger partial charge in [0.2, 0.25) is 0 Å². The number of halogens is 2. The van der Waals surface area contributed by atoms with Crippen molar-refractivity contribution >= 4 is 16.5 Å². The molecule has 1 N–H and O–H groups in total. The normalized spacial score (nSPS) is 10.8. The molecule has 0 unspecified atom stereocenters. The third-order valence-electron chi connectivity index (χ3n) is 2.84. The number of aryl methyl sites for hydroxylation is 1. The lowest BCUT2D eigenvalue weighted by atomic mass is 10.1. The number of nitrogens with one attached hydrogen (secondary N) is 1. The Morgan fingerprint density at radius 3 is 2.76 bits per heavy atom. The number of rotatable bonds is 4. The van der Waals surface area contributed by atoms with Crippen LogP contribution in [0.4, 0.5) is 13.8 Å². The van der Waals surface area contributed by atoms with E-state index in [0.29, 0.717) is 23.6 Å². The molecule has 4 nitrogen and oxygen atoms in total. The van der Waals surface area contributed by atoms with Crippen LogP contribution in [-0.4, -0.2) is 9.53 Å². The minimum atomic E-state index is -0.907. The molecular weight excluding hydrogens is 296 g/mol. The summed E-state index contributed by atoms with van der Waals surface area (Å²) in [6.45, 7) is 2.36. The molecule has 0 aliphatic rings. The van der Waals surface area contributed by atoms with Crippen molar-refractivity contribution in [3.63, 3.8) is 0 Å². The molecule has 7 heteroatoms. The second-order valence-electron chi connectivity index (χ2n) is 4.49. The number of hydrogen-bond acceptors (Lipinski definition) is 5. The minimum Gasteiger partial charge on any atom is -0.368 e. The first-order valence-corrected chi connectivity index (χ1v) is 6.97. The highest BCUT2D eigenvalue weighted by Gasteiger charge is 2.10. The average molecular weight is 307 g/mol. The van der Waals surface area contributed by atoms with E-state index in [-0.39, 0.29) is 0 Å². The molecule has 2 aromatic heterocycles. The molecule has 1 aromatic carbocycles. The van der Waals surface area contributed by atoms with Crippen LogP contribution in [0.3, 0.4) is 0 Å². The van der Waals surface area contributed by atoms with Crippen molar-refractivity contribution in [1.29, 1.82) is 0 Å². The summed E-state index contributed by atoms with van der Waals surface area (Å²) in [5.41, 5.74) is 1.88. The van der Waals surface area contributed by atoms with Gasteiger partial charge in [-0.15, -0.1) is 0 Å². The second kappa shape index (κ2) is 5.61. The topological polar surface area (TPSA) is 51.0 Å². The van der Waals surface area contributed by atoms with E-state index in [9.17, 15) is 8.78 Å². The van der Waals surface area contributed by atoms with E-state index in [1.165, 1.54) is 17.6 Å². The van der Waals surface area contributed by atoms with Crippen LogP contribution in [0.25, 0.3) is 11.3 Å². The third kappa shape index (κ3) is 3.08. The highest BCUT2D eigenvalue weighted by molar-refractivity contribution is 7.10. The van der Waals surface area contributed by atoms with E-state index in [1.54, 1.807) is 6.07 Å². The van der Waals surface area contributed by atoms with Crippen molar-refractivity contribution in [3.05, 3.63) is 53.4 Å². The molecule has 0 radical (unpaired) electrons. The first kappa shape index (κ1) is 13.7. The van der Waals surface area contributed by atoms with E-state index in [1.807, 2.05) is 13.0 Å². The van der Waals surface area contributed by atoms with E-state index in [2.05, 4.69) is 14.8 Å². The van der Waals surface area contributed by atoms with E-state index < -0.39 is 11.6 Å². The van der Waals surface area contributed by atoms with Crippen molar-refractivity contribution in [3.8, 4) is 11.3 Å². The predicted octanol–water partition coefficient (Wildman–Crippen LogP) is 4.00. The summed E-state index contributed by atoms with van der Waals surface area (Å²) in [5.74, 6) is -1.19. The van der Waals surface area contributed by atoms with Gasteiger partial charge in [-0.1, -0.05) is 5.16 Å². The van der Waals surface area contributed by atoms with Crippen LogP contribution >= 0.6 is 11.5 Å². The summed E-state index contributed by atoms with van der Waals surface area (Å²) < 4.78 is 35.4. The maximum absolute atomic E-state index is 13.2. The molecule has 3 aromatic rings. The monoisotopic (exact) mass is 307 g/mol. The first-order chi connectivity index (χ1) is 10.1. The molecule has 21 heavy (non-hydrogen) atoms. The Hall–Kier alpha value is -2.28. The molecule has 0 amide bonds. The molecule has 2 heterocycles. The van der Waals surface area contributed by atoms with Gasteiger partial charge in [0.1, 0.15) is 10.7 Å². The SMILES string of the molecule is Cc1cc(NCc2cc(-c3ccc(F)c(F)c3)no2)sn1. The van der Waals surface area contributed by atoms with Crippen LogP contribution < -0.4 is 5.32 Å². The van der Waals surface area contributed by atoms with Crippen molar-refractivity contribution in [1.82, 2.24) is 9.53 Å². The fourth-order valence-corrected chi connectivity index (χ4v) is 2.46. The Kier molecular flexibility index (Phi) is 3.66. The zero-order valence-corrected chi connectivity index (χ0v) is 11.9. The number of aromatic nitrogens is 2. The van der Waals surface area contributed by atoms with Crippen molar-refractivity contribution in [2.24, 2.45) is 0 Å². The number of benzene rings is 1. The van der Waals surface area contributed by atoms with Gasteiger partial charge in [-0.3, -0.25) is 0 Å². The quantitative estimate of drug-likeness (QED) is 0.791. The van der Waals surface area contributed by atoms with Gasteiger partial charge in [0.05, 0.1) is 12.2 Å². The van der Waals surface area contributed by atoms with Gasteiger partial charge < -0.3 is 9.84 Å². The lowest BCUT2D eigenvalue weighted by Gasteiger charge is -1.97. The average Bonchev–Trinajstić information content (AvgIpc) is 3.08. The third-order valence-corrected chi connectivity index (χ3v) is 3.68. The molecule has 3 rings (SSSR count).